The maximum atomic E-state index is 12.6. The number of nitrogens with one attached hydrogen (secondary N) is 1. The fraction of sp³-hybridized carbons (Fsp3) is 0.400. The molecule has 0 amide bonds. The van der Waals surface area contributed by atoms with Gasteiger partial charge in [-0.05, 0) is 12.1 Å². The Morgan fingerprint density at radius 1 is 1.13 bits per heavy atom. The summed E-state index contributed by atoms with van der Waals surface area (Å²) in [4.78, 5) is -0.0420. The number of benzene rings is 1. The minimum atomic E-state index is -3.90. The lowest BCUT2D eigenvalue weighted by Crippen LogP contribution is -2.14. The zero-order valence-electron chi connectivity index (χ0n) is 13.7. The maximum absolute atomic E-state index is 12.6. The van der Waals surface area contributed by atoms with Crippen LogP contribution in [-0.4, -0.2) is 27.8 Å². The van der Waals surface area contributed by atoms with E-state index in [2.05, 4.69) is 9.88 Å². The first-order valence-electron chi connectivity index (χ1n) is 6.89. The highest BCUT2D eigenvalue weighted by Crippen LogP contribution is 2.30. The van der Waals surface area contributed by atoms with Crippen molar-refractivity contribution in [2.24, 2.45) is 0 Å². The molecule has 7 nitrogen and oxygen atoms in total. The average Bonchev–Trinajstić information content (AvgIpc) is 2.94. The minimum absolute atomic E-state index is 0.0420. The van der Waals surface area contributed by atoms with Gasteiger partial charge in [0.25, 0.3) is 10.0 Å². The van der Waals surface area contributed by atoms with E-state index in [4.69, 9.17) is 14.0 Å². The fourth-order valence-electron chi connectivity index (χ4n) is 1.86. The largest absolute Gasteiger partial charge is 0.497 e. The summed E-state index contributed by atoms with van der Waals surface area (Å²) in [6, 6.07) is 6.08. The predicted molar refractivity (Wildman–Crippen MR) is 85.6 cm³/mol. The van der Waals surface area contributed by atoms with Gasteiger partial charge >= 0.3 is 0 Å². The molecule has 0 radical (unpaired) electrons. The Morgan fingerprint density at radius 2 is 1.83 bits per heavy atom. The number of nitrogens with zero attached hydrogens (tertiary/aromatic N) is 1. The van der Waals surface area contributed by atoms with E-state index in [0.29, 0.717) is 11.5 Å². The van der Waals surface area contributed by atoms with Gasteiger partial charge in [0.2, 0.25) is 0 Å². The van der Waals surface area contributed by atoms with Crippen LogP contribution in [0.1, 0.15) is 26.5 Å². The van der Waals surface area contributed by atoms with Gasteiger partial charge < -0.3 is 14.0 Å². The van der Waals surface area contributed by atoms with Crippen LogP contribution < -0.4 is 14.2 Å². The van der Waals surface area contributed by atoms with Crippen molar-refractivity contribution in [3.05, 3.63) is 30.0 Å². The number of rotatable bonds is 5. The van der Waals surface area contributed by atoms with Crippen molar-refractivity contribution in [3.8, 4) is 11.5 Å². The second-order valence-electron chi connectivity index (χ2n) is 5.95. The number of anilines is 1. The minimum Gasteiger partial charge on any atom is -0.497 e. The fourth-order valence-corrected chi connectivity index (χ4v) is 3.03. The Labute approximate surface area is 135 Å². The van der Waals surface area contributed by atoms with Crippen molar-refractivity contribution in [3.63, 3.8) is 0 Å². The Morgan fingerprint density at radius 3 is 2.35 bits per heavy atom. The van der Waals surface area contributed by atoms with E-state index in [1.807, 2.05) is 20.8 Å². The Balaban J connectivity index is 2.37. The molecule has 0 aliphatic carbocycles. The highest BCUT2D eigenvalue weighted by molar-refractivity contribution is 7.92. The molecule has 1 heterocycles. The number of hydrogen-bond acceptors (Lipinski definition) is 6. The third kappa shape index (κ3) is 3.76. The molecule has 23 heavy (non-hydrogen) atoms. The lowest BCUT2D eigenvalue weighted by molar-refractivity contribution is 0.331. The van der Waals surface area contributed by atoms with Gasteiger partial charge in [0, 0.05) is 17.5 Å². The molecule has 0 spiro atoms. The van der Waals surface area contributed by atoms with Crippen molar-refractivity contribution in [2.45, 2.75) is 31.1 Å². The van der Waals surface area contributed by atoms with Gasteiger partial charge in [-0.1, -0.05) is 25.9 Å². The van der Waals surface area contributed by atoms with Gasteiger partial charge in [-0.25, -0.2) is 8.42 Å². The van der Waals surface area contributed by atoms with E-state index < -0.39 is 10.0 Å². The Bertz CT molecular complexity index is 790. The summed E-state index contributed by atoms with van der Waals surface area (Å²) in [5.41, 5.74) is -0.273. The highest BCUT2D eigenvalue weighted by Gasteiger charge is 2.24. The number of ether oxygens (including phenoxy) is 2. The van der Waals surface area contributed by atoms with Gasteiger partial charge in [0.1, 0.15) is 22.2 Å². The molecule has 0 bridgehead atoms. The van der Waals surface area contributed by atoms with Crippen LogP contribution in [0.15, 0.2) is 33.7 Å². The molecule has 0 saturated heterocycles. The number of sulfonamides is 1. The standard InChI is InChI=1S/C15H20N2O5S/c1-15(2,3)13-9-14(16-22-13)17-23(18,19)12-8-10(20-4)6-7-11(12)21-5/h6-9H,1-5H3,(H,16,17). The second-order valence-corrected chi connectivity index (χ2v) is 7.60. The molecule has 0 saturated carbocycles. The van der Waals surface area contributed by atoms with Crippen LogP contribution in [0.2, 0.25) is 0 Å². The molecular weight excluding hydrogens is 320 g/mol. The topological polar surface area (TPSA) is 90.7 Å². The first kappa shape index (κ1) is 17.1. The van der Waals surface area contributed by atoms with Crippen LogP contribution in [-0.2, 0) is 15.4 Å². The average molecular weight is 340 g/mol. The zero-order chi connectivity index (χ0) is 17.3. The Kier molecular flexibility index (Phi) is 4.56. The smallest absolute Gasteiger partial charge is 0.266 e. The molecule has 0 unspecified atom stereocenters. The number of hydrogen-bond donors (Lipinski definition) is 1. The van der Waals surface area contributed by atoms with Gasteiger partial charge in [-0.3, -0.25) is 4.72 Å². The van der Waals surface area contributed by atoms with Crippen molar-refractivity contribution in [1.29, 1.82) is 0 Å². The van der Waals surface area contributed by atoms with Crippen LogP contribution in [0.3, 0.4) is 0 Å². The van der Waals surface area contributed by atoms with Crippen LogP contribution in [0.4, 0.5) is 5.82 Å². The summed E-state index contributed by atoms with van der Waals surface area (Å²) >= 11 is 0. The monoisotopic (exact) mass is 340 g/mol. The molecule has 0 aliphatic rings. The first-order valence-corrected chi connectivity index (χ1v) is 8.38. The maximum Gasteiger partial charge on any atom is 0.266 e. The van der Waals surface area contributed by atoms with Crippen LogP contribution in [0, 0.1) is 0 Å². The third-order valence-electron chi connectivity index (χ3n) is 3.15. The molecular formula is C15H20N2O5S. The predicted octanol–water partition coefficient (Wildman–Crippen LogP) is 2.79. The van der Waals surface area contributed by atoms with Crippen LogP contribution in [0.25, 0.3) is 0 Å². The summed E-state index contributed by atoms with van der Waals surface area (Å²) in [6.45, 7) is 5.82. The summed E-state index contributed by atoms with van der Waals surface area (Å²) in [5, 5.41) is 3.75. The van der Waals surface area contributed by atoms with Crippen LogP contribution in [0.5, 0.6) is 11.5 Å². The second kappa shape index (κ2) is 6.11. The van der Waals surface area contributed by atoms with E-state index in [9.17, 15) is 8.42 Å². The molecule has 1 aromatic heterocycles. The molecule has 8 heteroatoms. The summed E-state index contributed by atoms with van der Waals surface area (Å²) in [6.07, 6.45) is 0. The van der Waals surface area contributed by atoms with Gasteiger partial charge in [0.05, 0.1) is 14.2 Å². The molecule has 1 N–H and O–H groups in total. The van der Waals surface area contributed by atoms with Crippen molar-refractivity contribution >= 4 is 15.8 Å². The quantitative estimate of drug-likeness (QED) is 0.900. The molecule has 126 valence electrons. The lowest BCUT2D eigenvalue weighted by Gasteiger charge is -2.12. The summed E-state index contributed by atoms with van der Waals surface area (Å²) in [7, 11) is -1.04. The molecule has 0 fully saturated rings. The lowest BCUT2D eigenvalue weighted by atomic mass is 9.93. The van der Waals surface area contributed by atoms with Gasteiger partial charge in [-0.15, -0.1) is 0 Å². The Hall–Kier alpha value is -2.22. The van der Waals surface area contributed by atoms with E-state index in [-0.39, 0.29) is 21.9 Å². The SMILES string of the molecule is COc1ccc(OC)c(S(=O)(=O)Nc2cc(C(C)(C)C)on2)c1. The number of methoxy groups -OCH3 is 2. The van der Waals surface area contributed by atoms with E-state index in [0.717, 1.165) is 0 Å². The van der Waals surface area contributed by atoms with Gasteiger partial charge in [0.15, 0.2) is 5.82 Å². The zero-order valence-corrected chi connectivity index (χ0v) is 14.5. The van der Waals surface area contributed by atoms with E-state index >= 15 is 0 Å². The molecule has 2 rings (SSSR count). The third-order valence-corrected chi connectivity index (χ3v) is 4.52. The number of aromatic nitrogens is 1. The molecule has 0 aliphatic heterocycles. The highest BCUT2D eigenvalue weighted by atomic mass is 32.2. The van der Waals surface area contributed by atoms with Crippen molar-refractivity contribution in [2.75, 3.05) is 18.9 Å². The van der Waals surface area contributed by atoms with Crippen molar-refractivity contribution < 1.29 is 22.4 Å². The van der Waals surface area contributed by atoms with E-state index in [1.165, 1.54) is 26.4 Å². The van der Waals surface area contributed by atoms with Crippen molar-refractivity contribution in [1.82, 2.24) is 5.16 Å². The summed E-state index contributed by atoms with van der Waals surface area (Å²) in [5.74, 6) is 1.30. The summed E-state index contributed by atoms with van der Waals surface area (Å²) < 4.78 is 42.9. The van der Waals surface area contributed by atoms with Gasteiger partial charge in [-0.2, -0.15) is 0 Å². The van der Waals surface area contributed by atoms with Crippen LogP contribution >= 0.6 is 0 Å². The molecule has 0 atom stereocenters. The molecule has 2 aromatic rings. The first-order chi connectivity index (χ1) is 10.7. The normalized spacial score (nSPS) is 12.0. The van der Waals surface area contributed by atoms with E-state index in [1.54, 1.807) is 12.1 Å². The molecule has 1 aromatic carbocycles.